The number of rotatable bonds is 0. The summed E-state index contributed by atoms with van der Waals surface area (Å²) in [6.07, 6.45) is 0.479. The summed E-state index contributed by atoms with van der Waals surface area (Å²) in [7, 11) is 0. The minimum absolute atomic E-state index is 0.0164. The molecule has 0 saturated heterocycles. The molecule has 3 heterocycles. The van der Waals surface area contributed by atoms with Gasteiger partial charge in [-0.3, -0.25) is 0 Å². The molecule has 0 bridgehead atoms. The first-order valence-electron chi connectivity index (χ1n) is 6.82. The number of aromatic nitrogens is 1. The monoisotopic (exact) mass is 397 g/mol. The first-order chi connectivity index (χ1) is 11.0. The van der Waals surface area contributed by atoms with Crippen molar-refractivity contribution in [1.29, 1.82) is 0 Å². The molecule has 2 aliphatic rings. The Hall–Kier alpha value is -1.86. The SMILES string of the molecule is NC1=N[C@]2(CCO1)c1cc(Br)ccc1Oc1c2cc(Cl)nc1F. The number of pyridine rings is 1. The summed E-state index contributed by atoms with van der Waals surface area (Å²) in [5, 5.41) is 0.0305. The molecule has 0 unspecified atom stereocenters. The number of aliphatic imine (C=N–C) groups is 1. The van der Waals surface area contributed by atoms with E-state index in [0.717, 1.165) is 10.0 Å². The number of halogens is 3. The van der Waals surface area contributed by atoms with Gasteiger partial charge in [-0.15, -0.1) is 0 Å². The van der Waals surface area contributed by atoms with Crippen molar-refractivity contribution in [2.75, 3.05) is 6.61 Å². The van der Waals surface area contributed by atoms with Crippen molar-refractivity contribution in [2.24, 2.45) is 10.7 Å². The normalized spacial score (nSPS) is 21.8. The van der Waals surface area contributed by atoms with E-state index in [1.165, 1.54) is 0 Å². The van der Waals surface area contributed by atoms with Crippen molar-refractivity contribution < 1.29 is 13.9 Å². The van der Waals surface area contributed by atoms with E-state index in [1.807, 2.05) is 12.1 Å². The highest BCUT2D eigenvalue weighted by Crippen LogP contribution is 2.53. The quantitative estimate of drug-likeness (QED) is 0.687. The second-order valence-corrected chi connectivity index (χ2v) is 6.57. The number of nitrogens with zero attached hydrogens (tertiary/aromatic N) is 2. The van der Waals surface area contributed by atoms with Crippen molar-refractivity contribution in [3.63, 3.8) is 0 Å². The van der Waals surface area contributed by atoms with E-state index in [4.69, 9.17) is 26.8 Å². The van der Waals surface area contributed by atoms with E-state index in [9.17, 15) is 4.39 Å². The lowest BCUT2D eigenvalue weighted by atomic mass is 9.78. The predicted octanol–water partition coefficient (Wildman–Crippen LogP) is 3.72. The highest BCUT2D eigenvalue weighted by molar-refractivity contribution is 9.10. The molecule has 5 nitrogen and oxygen atoms in total. The average Bonchev–Trinajstić information content (AvgIpc) is 2.50. The van der Waals surface area contributed by atoms with Gasteiger partial charge in [0.15, 0.2) is 5.75 Å². The van der Waals surface area contributed by atoms with Crippen LogP contribution in [0.2, 0.25) is 5.15 Å². The Balaban J connectivity index is 2.08. The van der Waals surface area contributed by atoms with Crippen LogP contribution in [0, 0.1) is 5.95 Å². The molecule has 0 amide bonds. The van der Waals surface area contributed by atoms with Gasteiger partial charge in [0, 0.05) is 22.0 Å². The van der Waals surface area contributed by atoms with Crippen LogP contribution in [0.3, 0.4) is 0 Å². The summed E-state index contributed by atoms with van der Waals surface area (Å²) in [5.74, 6) is -0.259. The van der Waals surface area contributed by atoms with Crippen LogP contribution in [0.1, 0.15) is 17.5 Å². The molecule has 1 aromatic carbocycles. The smallest absolute Gasteiger partial charge is 0.283 e. The van der Waals surface area contributed by atoms with Crippen molar-refractivity contribution in [3.8, 4) is 11.5 Å². The minimum atomic E-state index is -0.914. The molecule has 8 heteroatoms. The van der Waals surface area contributed by atoms with Gasteiger partial charge in [0.1, 0.15) is 16.4 Å². The Morgan fingerprint density at radius 1 is 1.30 bits per heavy atom. The van der Waals surface area contributed by atoms with E-state index >= 15 is 0 Å². The number of nitrogens with two attached hydrogens (primary N) is 1. The summed E-state index contributed by atoms with van der Waals surface area (Å²) in [5.41, 5.74) is 6.15. The lowest BCUT2D eigenvalue weighted by molar-refractivity contribution is 0.217. The maximum absolute atomic E-state index is 14.3. The van der Waals surface area contributed by atoms with Gasteiger partial charge < -0.3 is 15.2 Å². The van der Waals surface area contributed by atoms with Gasteiger partial charge >= 0.3 is 0 Å². The van der Waals surface area contributed by atoms with Crippen LogP contribution in [0.5, 0.6) is 11.5 Å². The van der Waals surface area contributed by atoms with Crippen LogP contribution in [0.25, 0.3) is 0 Å². The van der Waals surface area contributed by atoms with Gasteiger partial charge in [-0.2, -0.15) is 4.39 Å². The van der Waals surface area contributed by atoms with Gasteiger partial charge in [0.05, 0.1) is 6.61 Å². The lowest BCUT2D eigenvalue weighted by Crippen LogP contribution is -2.38. The Morgan fingerprint density at radius 3 is 2.91 bits per heavy atom. The molecule has 0 radical (unpaired) electrons. The van der Waals surface area contributed by atoms with Gasteiger partial charge in [0.25, 0.3) is 12.0 Å². The van der Waals surface area contributed by atoms with Gasteiger partial charge in [-0.1, -0.05) is 27.5 Å². The molecule has 4 rings (SSSR count). The molecule has 2 aliphatic heterocycles. The maximum atomic E-state index is 14.3. The lowest BCUT2D eigenvalue weighted by Gasteiger charge is -2.39. The molecule has 118 valence electrons. The van der Waals surface area contributed by atoms with Gasteiger partial charge in [0.2, 0.25) is 0 Å². The third kappa shape index (κ3) is 2.18. The average molecular weight is 399 g/mol. The molecule has 1 aromatic heterocycles. The third-order valence-electron chi connectivity index (χ3n) is 3.96. The zero-order valence-corrected chi connectivity index (χ0v) is 14.0. The maximum Gasteiger partial charge on any atom is 0.283 e. The van der Waals surface area contributed by atoms with Crippen molar-refractivity contribution in [1.82, 2.24) is 4.98 Å². The number of fused-ring (bicyclic) bond motifs is 4. The molecule has 2 aromatic rings. The summed E-state index contributed by atoms with van der Waals surface area (Å²) in [4.78, 5) is 8.13. The first-order valence-corrected chi connectivity index (χ1v) is 7.99. The zero-order chi connectivity index (χ0) is 16.2. The molecule has 23 heavy (non-hydrogen) atoms. The molecule has 1 spiro atoms. The van der Waals surface area contributed by atoms with Gasteiger partial charge in [-0.05, 0) is 24.3 Å². The number of amidine groups is 1. The van der Waals surface area contributed by atoms with Crippen LogP contribution >= 0.6 is 27.5 Å². The number of ether oxygens (including phenoxy) is 2. The van der Waals surface area contributed by atoms with E-state index in [2.05, 4.69) is 25.9 Å². The largest absolute Gasteiger partial charge is 0.465 e. The Bertz CT molecular complexity index is 861. The van der Waals surface area contributed by atoms with Crippen LogP contribution in [0.4, 0.5) is 4.39 Å². The fourth-order valence-corrected chi connectivity index (χ4v) is 3.56. The van der Waals surface area contributed by atoms with E-state index in [1.54, 1.807) is 12.1 Å². The Labute approximate surface area is 144 Å². The Morgan fingerprint density at radius 2 is 2.13 bits per heavy atom. The topological polar surface area (TPSA) is 69.7 Å². The zero-order valence-electron chi connectivity index (χ0n) is 11.6. The molecule has 0 fully saturated rings. The number of hydrogen-bond donors (Lipinski definition) is 1. The van der Waals surface area contributed by atoms with Crippen molar-refractivity contribution in [3.05, 3.63) is 51.0 Å². The predicted molar refractivity (Wildman–Crippen MR) is 86.4 cm³/mol. The summed E-state index contributed by atoms with van der Waals surface area (Å²) in [6.45, 7) is 0.349. The third-order valence-corrected chi connectivity index (χ3v) is 4.65. The molecule has 1 atom stereocenters. The number of hydrogen-bond acceptors (Lipinski definition) is 5. The standard InChI is InChI=1S/C15H10BrClFN3O2/c16-7-1-2-10-8(5-7)15(3-4-22-14(19)21-15)9-6-11(17)20-13(18)12(9)23-10/h1-2,5-6H,3-4H2,(H2,19,21)/t15-/m1/s1. The minimum Gasteiger partial charge on any atom is -0.465 e. The van der Waals surface area contributed by atoms with Crippen LogP contribution in [0.15, 0.2) is 33.7 Å². The van der Waals surface area contributed by atoms with Crippen molar-refractivity contribution in [2.45, 2.75) is 12.0 Å². The molecular formula is C15H10BrClFN3O2. The summed E-state index contributed by atoms with van der Waals surface area (Å²) >= 11 is 9.40. The van der Waals surface area contributed by atoms with Gasteiger partial charge in [-0.25, -0.2) is 9.98 Å². The number of benzene rings is 1. The Kier molecular flexibility index (Phi) is 3.24. The van der Waals surface area contributed by atoms with Crippen LogP contribution in [-0.4, -0.2) is 17.6 Å². The molecule has 0 aliphatic carbocycles. The fourth-order valence-electron chi connectivity index (χ4n) is 3.02. The second kappa shape index (κ2) is 5.07. The molecule has 0 saturated carbocycles. The van der Waals surface area contributed by atoms with E-state index in [0.29, 0.717) is 24.3 Å². The molecular weight excluding hydrogens is 389 g/mol. The van der Waals surface area contributed by atoms with Crippen LogP contribution < -0.4 is 10.5 Å². The van der Waals surface area contributed by atoms with Crippen LogP contribution in [-0.2, 0) is 10.3 Å². The first kappa shape index (κ1) is 14.7. The second-order valence-electron chi connectivity index (χ2n) is 5.26. The fraction of sp³-hybridized carbons (Fsp3) is 0.200. The van der Waals surface area contributed by atoms with E-state index in [-0.39, 0.29) is 16.9 Å². The molecule has 2 N–H and O–H groups in total. The highest BCUT2D eigenvalue weighted by Gasteiger charge is 2.46. The van der Waals surface area contributed by atoms with E-state index < -0.39 is 11.5 Å². The summed E-state index contributed by atoms with van der Waals surface area (Å²) in [6, 6.07) is 7.05. The summed E-state index contributed by atoms with van der Waals surface area (Å²) < 4.78 is 26.1. The van der Waals surface area contributed by atoms with Crippen molar-refractivity contribution >= 4 is 33.6 Å². The highest BCUT2D eigenvalue weighted by atomic mass is 79.9.